The van der Waals surface area contributed by atoms with Gasteiger partial charge in [0.1, 0.15) is 5.76 Å². The van der Waals surface area contributed by atoms with E-state index in [0.29, 0.717) is 25.3 Å². The first-order valence-electron chi connectivity index (χ1n) is 6.01. The summed E-state index contributed by atoms with van der Waals surface area (Å²) in [5.41, 5.74) is 0. The predicted octanol–water partition coefficient (Wildman–Crippen LogP) is 0.294. The standard InChI is InChI=1S/C12H20N2O4/c1-4-17-12-11(14-9(3)16)6-5-10(18-12)7-13-8(2)15/h5,11-12H,4,6-7H2,1-3H3,(H,13,15)(H,14,16). The zero-order valence-corrected chi connectivity index (χ0v) is 11.0. The maximum absolute atomic E-state index is 11.1. The third kappa shape index (κ3) is 4.75. The Morgan fingerprint density at radius 2 is 2.17 bits per heavy atom. The fourth-order valence-corrected chi connectivity index (χ4v) is 1.68. The van der Waals surface area contributed by atoms with E-state index >= 15 is 0 Å². The number of hydrogen-bond donors (Lipinski definition) is 2. The largest absolute Gasteiger partial charge is 0.465 e. The Balaban J connectivity index is 2.58. The van der Waals surface area contributed by atoms with Crippen LogP contribution >= 0.6 is 0 Å². The van der Waals surface area contributed by atoms with Crippen LogP contribution in [0, 0.1) is 0 Å². The van der Waals surface area contributed by atoms with Crippen LogP contribution in [0.4, 0.5) is 0 Å². The minimum Gasteiger partial charge on any atom is -0.465 e. The minimum atomic E-state index is -0.507. The number of amides is 2. The van der Waals surface area contributed by atoms with Gasteiger partial charge in [0, 0.05) is 20.5 Å². The first kappa shape index (κ1) is 14.5. The third-order valence-electron chi connectivity index (χ3n) is 2.43. The van der Waals surface area contributed by atoms with Gasteiger partial charge in [-0.25, -0.2) is 0 Å². The molecule has 0 fully saturated rings. The van der Waals surface area contributed by atoms with Crippen LogP contribution in [-0.4, -0.2) is 37.3 Å². The van der Waals surface area contributed by atoms with Gasteiger partial charge in [-0.1, -0.05) is 0 Å². The van der Waals surface area contributed by atoms with Crippen molar-refractivity contribution < 1.29 is 19.1 Å². The van der Waals surface area contributed by atoms with Crippen LogP contribution in [-0.2, 0) is 19.1 Å². The summed E-state index contributed by atoms with van der Waals surface area (Å²) >= 11 is 0. The van der Waals surface area contributed by atoms with Crippen LogP contribution < -0.4 is 10.6 Å². The Bertz CT molecular complexity index is 341. The highest BCUT2D eigenvalue weighted by Gasteiger charge is 2.28. The fraction of sp³-hybridized carbons (Fsp3) is 0.667. The molecule has 0 radical (unpaired) electrons. The molecule has 18 heavy (non-hydrogen) atoms. The van der Waals surface area contributed by atoms with Gasteiger partial charge in [-0.15, -0.1) is 0 Å². The molecule has 1 aliphatic rings. The van der Waals surface area contributed by atoms with E-state index in [1.807, 2.05) is 13.0 Å². The molecule has 0 saturated heterocycles. The van der Waals surface area contributed by atoms with Gasteiger partial charge in [0.05, 0.1) is 12.6 Å². The van der Waals surface area contributed by atoms with E-state index in [2.05, 4.69) is 10.6 Å². The lowest BCUT2D eigenvalue weighted by Gasteiger charge is -2.32. The van der Waals surface area contributed by atoms with Crippen molar-refractivity contribution in [1.82, 2.24) is 10.6 Å². The molecule has 0 aromatic heterocycles. The van der Waals surface area contributed by atoms with Crippen molar-refractivity contribution in [3.63, 3.8) is 0 Å². The van der Waals surface area contributed by atoms with Gasteiger partial charge in [0.2, 0.25) is 18.1 Å². The first-order valence-corrected chi connectivity index (χ1v) is 6.01. The van der Waals surface area contributed by atoms with Crippen LogP contribution in [0.1, 0.15) is 27.2 Å². The Kier molecular flexibility index (Phi) is 5.64. The average Bonchev–Trinajstić information content (AvgIpc) is 2.29. The van der Waals surface area contributed by atoms with Gasteiger partial charge in [0.15, 0.2) is 0 Å². The van der Waals surface area contributed by atoms with Crippen LogP contribution in [0.5, 0.6) is 0 Å². The zero-order chi connectivity index (χ0) is 13.5. The molecule has 0 aromatic rings. The maximum Gasteiger partial charge on any atom is 0.220 e. The van der Waals surface area contributed by atoms with E-state index in [1.54, 1.807) is 0 Å². The summed E-state index contributed by atoms with van der Waals surface area (Å²) < 4.78 is 11.0. The van der Waals surface area contributed by atoms with Crippen molar-refractivity contribution in [2.75, 3.05) is 13.2 Å². The molecule has 0 aromatic carbocycles. The number of rotatable bonds is 5. The summed E-state index contributed by atoms with van der Waals surface area (Å²) in [5, 5.41) is 5.44. The number of ether oxygens (including phenoxy) is 2. The number of hydrogen-bond acceptors (Lipinski definition) is 4. The molecule has 1 heterocycles. The Hall–Kier alpha value is -1.56. The summed E-state index contributed by atoms with van der Waals surface area (Å²) in [6.07, 6.45) is 1.97. The molecule has 0 saturated carbocycles. The van der Waals surface area contributed by atoms with Crippen molar-refractivity contribution in [3.05, 3.63) is 11.8 Å². The predicted molar refractivity (Wildman–Crippen MR) is 65.5 cm³/mol. The van der Waals surface area contributed by atoms with Crippen molar-refractivity contribution in [2.45, 2.75) is 39.5 Å². The van der Waals surface area contributed by atoms with Crippen molar-refractivity contribution >= 4 is 11.8 Å². The second-order valence-electron chi connectivity index (χ2n) is 4.06. The number of carbonyl (C=O) groups is 2. The first-order chi connectivity index (χ1) is 8.52. The van der Waals surface area contributed by atoms with Gasteiger partial charge >= 0.3 is 0 Å². The summed E-state index contributed by atoms with van der Waals surface area (Å²) in [4.78, 5) is 21.9. The Labute approximate surface area is 107 Å². The lowest BCUT2D eigenvalue weighted by atomic mass is 10.1. The van der Waals surface area contributed by atoms with Gasteiger partial charge in [-0.2, -0.15) is 0 Å². The molecule has 0 aliphatic carbocycles. The lowest BCUT2D eigenvalue weighted by molar-refractivity contribution is -0.147. The van der Waals surface area contributed by atoms with E-state index in [-0.39, 0.29) is 17.9 Å². The van der Waals surface area contributed by atoms with Crippen LogP contribution in [0.25, 0.3) is 0 Å². The quantitative estimate of drug-likeness (QED) is 0.741. The molecule has 2 atom stereocenters. The number of nitrogens with one attached hydrogen (secondary N) is 2. The summed E-state index contributed by atoms with van der Waals surface area (Å²) in [7, 11) is 0. The molecule has 1 rings (SSSR count). The van der Waals surface area contributed by atoms with E-state index in [9.17, 15) is 9.59 Å². The fourth-order valence-electron chi connectivity index (χ4n) is 1.68. The highest BCUT2D eigenvalue weighted by atomic mass is 16.7. The molecular weight excluding hydrogens is 236 g/mol. The smallest absolute Gasteiger partial charge is 0.220 e. The van der Waals surface area contributed by atoms with E-state index in [4.69, 9.17) is 9.47 Å². The molecule has 102 valence electrons. The minimum absolute atomic E-state index is 0.114. The molecule has 1 aliphatic heterocycles. The SMILES string of the molecule is CCOC1OC(CNC(C)=O)=CCC1NC(C)=O. The summed E-state index contributed by atoms with van der Waals surface area (Å²) in [5.74, 6) is 0.425. The maximum atomic E-state index is 11.1. The second kappa shape index (κ2) is 7.00. The Morgan fingerprint density at radius 3 is 2.72 bits per heavy atom. The van der Waals surface area contributed by atoms with Crippen molar-refractivity contribution in [2.24, 2.45) is 0 Å². The molecule has 6 heteroatoms. The van der Waals surface area contributed by atoms with E-state index < -0.39 is 6.29 Å². The molecule has 6 nitrogen and oxygen atoms in total. The van der Waals surface area contributed by atoms with Gasteiger partial charge < -0.3 is 20.1 Å². The molecule has 2 unspecified atom stereocenters. The second-order valence-corrected chi connectivity index (χ2v) is 4.06. The zero-order valence-electron chi connectivity index (χ0n) is 11.0. The monoisotopic (exact) mass is 256 g/mol. The highest BCUT2D eigenvalue weighted by molar-refractivity contribution is 5.73. The van der Waals surface area contributed by atoms with Crippen LogP contribution in [0.2, 0.25) is 0 Å². The molecular formula is C12H20N2O4. The van der Waals surface area contributed by atoms with Crippen molar-refractivity contribution in [1.29, 1.82) is 0 Å². The summed E-state index contributed by atoms with van der Waals surface area (Å²) in [6, 6.07) is -0.191. The Morgan fingerprint density at radius 1 is 1.44 bits per heavy atom. The van der Waals surface area contributed by atoms with Gasteiger partial charge in [-0.05, 0) is 19.4 Å². The van der Waals surface area contributed by atoms with E-state index in [0.717, 1.165) is 0 Å². The molecule has 0 spiro atoms. The summed E-state index contributed by atoms with van der Waals surface area (Å²) in [6.45, 7) is 5.60. The van der Waals surface area contributed by atoms with Crippen molar-refractivity contribution in [3.8, 4) is 0 Å². The molecule has 2 amide bonds. The van der Waals surface area contributed by atoms with Crippen LogP contribution in [0.15, 0.2) is 11.8 Å². The topological polar surface area (TPSA) is 76.7 Å². The molecule has 0 bridgehead atoms. The normalized spacial score (nSPS) is 22.7. The van der Waals surface area contributed by atoms with Gasteiger partial charge in [0.25, 0.3) is 0 Å². The highest BCUT2D eigenvalue weighted by Crippen LogP contribution is 2.18. The van der Waals surface area contributed by atoms with E-state index in [1.165, 1.54) is 13.8 Å². The molecule has 2 N–H and O–H groups in total. The van der Waals surface area contributed by atoms with Gasteiger partial charge in [-0.3, -0.25) is 9.59 Å². The lowest BCUT2D eigenvalue weighted by Crippen LogP contribution is -2.47. The third-order valence-corrected chi connectivity index (χ3v) is 2.43. The number of carbonyl (C=O) groups excluding carboxylic acids is 2. The van der Waals surface area contributed by atoms with Crippen LogP contribution in [0.3, 0.4) is 0 Å². The average molecular weight is 256 g/mol.